The van der Waals surface area contributed by atoms with Gasteiger partial charge in [0.25, 0.3) is 0 Å². The normalized spacial score (nSPS) is 17.4. The molecule has 2 aliphatic rings. The monoisotopic (exact) mass is 372 g/mol. The molecule has 4 N–H and O–H groups in total. The molecule has 0 saturated heterocycles. The molecule has 2 unspecified atom stereocenters. The Bertz CT molecular complexity index is 732. The number of aliphatic imine (C=N–C) groups is 1. The molecule has 0 spiro atoms. The second-order valence-electron chi connectivity index (χ2n) is 7.30. The van der Waals surface area contributed by atoms with Crippen molar-refractivity contribution in [3.05, 3.63) is 35.6 Å². The summed E-state index contributed by atoms with van der Waals surface area (Å²) in [6, 6.07) is -0.738. The van der Waals surface area contributed by atoms with E-state index in [2.05, 4.69) is 21.7 Å². The molecule has 7 nitrogen and oxygen atoms in total. The van der Waals surface area contributed by atoms with Gasteiger partial charge in [0.1, 0.15) is 6.04 Å². The number of allylic oxidation sites excluding steroid dienone is 4. The standard InChI is InChI=1S/C20H28N4O3/c1-12(2)8-13(10-18(21)25)19(26)24-17(20(27)22-3)9-14-11-23-16-7-5-4-6-15(14)16/h5-7,11-13,17H,4,8-10H2,1-3H3,(H2,21,25)(H,22,27)(H,24,26). The van der Waals surface area contributed by atoms with Crippen LogP contribution in [0.4, 0.5) is 0 Å². The zero-order valence-electron chi connectivity index (χ0n) is 16.1. The first-order valence-electron chi connectivity index (χ1n) is 9.26. The van der Waals surface area contributed by atoms with E-state index < -0.39 is 17.9 Å². The van der Waals surface area contributed by atoms with E-state index in [9.17, 15) is 14.4 Å². The van der Waals surface area contributed by atoms with Crippen LogP contribution < -0.4 is 16.4 Å². The number of likely N-dealkylation sites (N-methyl/N-ethyl adjacent to an activating group) is 1. The van der Waals surface area contributed by atoms with Gasteiger partial charge in [-0.3, -0.25) is 19.4 Å². The summed E-state index contributed by atoms with van der Waals surface area (Å²) >= 11 is 0. The van der Waals surface area contributed by atoms with Crippen molar-refractivity contribution in [2.75, 3.05) is 7.05 Å². The SMILES string of the molecule is CNC(=O)C(CC1=CN=C2C=CCC=C12)NC(=O)C(CC(N)=O)CC(C)C. The highest BCUT2D eigenvalue weighted by molar-refractivity contribution is 6.14. The number of primary amides is 1. The highest BCUT2D eigenvalue weighted by Crippen LogP contribution is 2.27. The molecule has 1 aliphatic heterocycles. The van der Waals surface area contributed by atoms with Crippen molar-refractivity contribution in [3.8, 4) is 0 Å². The lowest BCUT2D eigenvalue weighted by Crippen LogP contribution is -2.48. The predicted molar refractivity (Wildman–Crippen MR) is 105 cm³/mol. The summed E-state index contributed by atoms with van der Waals surface area (Å²) in [5.41, 5.74) is 8.10. The number of fused-ring (bicyclic) bond motifs is 1. The maximum atomic E-state index is 12.7. The lowest BCUT2D eigenvalue weighted by molar-refractivity contribution is -0.133. The first-order chi connectivity index (χ1) is 12.8. The van der Waals surface area contributed by atoms with E-state index in [-0.39, 0.29) is 24.2 Å². The van der Waals surface area contributed by atoms with E-state index in [0.717, 1.165) is 23.3 Å². The Morgan fingerprint density at radius 3 is 2.63 bits per heavy atom. The summed E-state index contributed by atoms with van der Waals surface area (Å²) < 4.78 is 0. The maximum Gasteiger partial charge on any atom is 0.242 e. The van der Waals surface area contributed by atoms with Gasteiger partial charge in [-0.05, 0) is 30.4 Å². The third kappa shape index (κ3) is 5.64. The van der Waals surface area contributed by atoms with Crippen LogP contribution >= 0.6 is 0 Å². The number of nitrogens with one attached hydrogen (secondary N) is 2. The lowest BCUT2D eigenvalue weighted by atomic mass is 9.91. The fourth-order valence-corrected chi connectivity index (χ4v) is 3.34. The van der Waals surface area contributed by atoms with Crippen molar-refractivity contribution >= 4 is 23.4 Å². The van der Waals surface area contributed by atoms with Crippen molar-refractivity contribution in [3.63, 3.8) is 0 Å². The highest BCUT2D eigenvalue weighted by atomic mass is 16.2. The molecule has 0 radical (unpaired) electrons. The minimum Gasteiger partial charge on any atom is -0.370 e. The quantitative estimate of drug-likeness (QED) is 0.568. The largest absolute Gasteiger partial charge is 0.370 e. The van der Waals surface area contributed by atoms with Crippen LogP contribution in [-0.4, -0.2) is 36.5 Å². The number of amides is 3. The molecule has 146 valence electrons. The van der Waals surface area contributed by atoms with Crippen LogP contribution in [0, 0.1) is 11.8 Å². The summed E-state index contributed by atoms with van der Waals surface area (Å²) in [6.07, 6.45) is 9.44. The summed E-state index contributed by atoms with van der Waals surface area (Å²) in [5.74, 6) is -1.45. The number of carbonyl (C=O) groups is 3. The van der Waals surface area contributed by atoms with Crippen LogP contribution in [0.1, 0.15) is 39.5 Å². The summed E-state index contributed by atoms with van der Waals surface area (Å²) in [5, 5.41) is 5.40. The third-order valence-electron chi connectivity index (χ3n) is 4.59. The first kappa shape index (κ1) is 20.6. The van der Waals surface area contributed by atoms with E-state index in [0.29, 0.717) is 12.8 Å². The maximum absolute atomic E-state index is 12.7. The summed E-state index contributed by atoms with van der Waals surface area (Å²) in [6.45, 7) is 3.95. The average Bonchev–Trinajstić information content (AvgIpc) is 3.02. The van der Waals surface area contributed by atoms with E-state index in [1.807, 2.05) is 26.0 Å². The van der Waals surface area contributed by atoms with Gasteiger partial charge in [-0.1, -0.05) is 26.0 Å². The Balaban J connectivity index is 2.10. The van der Waals surface area contributed by atoms with Crippen molar-refractivity contribution in [2.24, 2.45) is 22.6 Å². The molecule has 27 heavy (non-hydrogen) atoms. The van der Waals surface area contributed by atoms with Crippen molar-refractivity contribution in [2.45, 2.75) is 45.6 Å². The number of rotatable bonds is 9. The molecule has 0 fully saturated rings. The van der Waals surface area contributed by atoms with Crippen molar-refractivity contribution < 1.29 is 14.4 Å². The van der Waals surface area contributed by atoms with Crippen molar-refractivity contribution in [1.82, 2.24) is 10.6 Å². The van der Waals surface area contributed by atoms with E-state index in [4.69, 9.17) is 5.73 Å². The molecule has 0 aromatic rings. The number of nitrogens with two attached hydrogens (primary N) is 1. The highest BCUT2D eigenvalue weighted by Gasteiger charge is 2.29. The third-order valence-corrected chi connectivity index (χ3v) is 4.59. The van der Waals surface area contributed by atoms with Gasteiger partial charge in [-0.25, -0.2) is 0 Å². The topological polar surface area (TPSA) is 114 Å². The van der Waals surface area contributed by atoms with Crippen LogP contribution in [0.2, 0.25) is 0 Å². The molecule has 1 aliphatic carbocycles. The molecule has 2 rings (SSSR count). The first-order valence-corrected chi connectivity index (χ1v) is 9.26. The fourth-order valence-electron chi connectivity index (χ4n) is 3.34. The zero-order chi connectivity index (χ0) is 20.0. The Kier molecular flexibility index (Phi) is 7.10. The Morgan fingerprint density at radius 2 is 2.00 bits per heavy atom. The molecular formula is C20H28N4O3. The van der Waals surface area contributed by atoms with Gasteiger partial charge >= 0.3 is 0 Å². The van der Waals surface area contributed by atoms with Crippen LogP contribution in [-0.2, 0) is 14.4 Å². The smallest absolute Gasteiger partial charge is 0.242 e. The van der Waals surface area contributed by atoms with Crippen LogP contribution in [0.15, 0.2) is 40.6 Å². The van der Waals surface area contributed by atoms with E-state index in [1.54, 1.807) is 6.20 Å². The van der Waals surface area contributed by atoms with Gasteiger partial charge < -0.3 is 16.4 Å². The predicted octanol–water partition coefficient (Wildman–Crippen LogP) is 1.37. The molecule has 0 aromatic heterocycles. The van der Waals surface area contributed by atoms with Crippen molar-refractivity contribution in [1.29, 1.82) is 0 Å². The van der Waals surface area contributed by atoms with Gasteiger partial charge in [-0.15, -0.1) is 0 Å². The van der Waals surface area contributed by atoms with E-state index >= 15 is 0 Å². The summed E-state index contributed by atoms with van der Waals surface area (Å²) in [4.78, 5) is 40.8. The van der Waals surface area contributed by atoms with Crippen LogP contribution in [0.5, 0.6) is 0 Å². The number of nitrogens with zero attached hydrogens (tertiary/aromatic N) is 1. The summed E-state index contributed by atoms with van der Waals surface area (Å²) in [7, 11) is 1.53. The second-order valence-corrected chi connectivity index (χ2v) is 7.30. The number of hydrogen-bond acceptors (Lipinski definition) is 4. The van der Waals surface area contributed by atoms with Gasteiger partial charge in [0.2, 0.25) is 17.7 Å². The molecule has 0 aromatic carbocycles. The Hall–Kier alpha value is -2.70. The average molecular weight is 372 g/mol. The minimum atomic E-state index is -0.738. The zero-order valence-corrected chi connectivity index (χ0v) is 16.1. The number of hydrogen-bond donors (Lipinski definition) is 3. The molecule has 7 heteroatoms. The minimum absolute atomic E-state index is 0.0314. The van der Waals surface area contributed by atoms with Gasteiger partial charge in [-0.2, -0.15) is 0 Å². The Morgan fingerprint density at radius 1 is 1.26 bits per heavy atom. The molecule has 0 bridgehead atoms. The molecule has 3 amide bonds. The van der Waals surface area contributed by atoms with Gasteiger partial charge in [0.15, 0.2) is 0 Å². The van der Waals surface area contributed by atoms with Crippen LogP contribution in [0.25, 0.3) is 0 Å². The van der Waals surface area contributed by atoms with Gasteiger partial charge in [0.05, 0.1) is 5.71 Å². The fraction of sp³-hybridized carbons (Fsp3) is 0.500. The van der Waals surface area contributed by atoms with Gasteiger partial charge in [0, 0.05) is 37.6 Å². The number of carbonyl (C=O) groups excluding carboxylic acids is 3. The molecule has 0 saturated carbocycles. The molecular weight excluding hydrogens is 344 g/mol. The molecule has 1 heterocycles. The molecule has 2 atom stereocenters. The Labute approximate surface area is 159 Å². The van der Waals surface area contributed by atoms with Crippen LogP contribution in [0.3, 0.4) is 0 Å². The second kappa shape index (κ2) is 9.30. The van der Waals surface area contributed by atoms with E-state index in [1.165, 1.54) is 7.05 Å². The lowest BCUT2D eigenvalue weighted by Gasteiger charge is -2.23.